The average molecular weight is 243 g/mol. The molecule has 1 saturated heterocycles. The van der Waals surface area contributed by atoms with Crippen LogP contribution in [-0.4, -0.2) is 31.1 Å². The Labute approximate surface area is 100 Å². The minimum atomic E-state index is -0.249. The van der Waals surface area contributed by atoms with Crippen molar-refractivity contribution in [1.82, 2.24) is 10.2 Å². The summed E-state index contributed by atoms with van der Waals surface area (Å²) in [5, 5.41) is 3.81. The van der Waals surface area contributed by atoms with Crippen molar-refractivity contribution in [2.24, 2.45) is 0 Å². The summed E-state index contributed by atoms with van der Waals surface area (Å²) in [6.07, 6.45) is 0. The quantitative estimate of drug-likeness (QED) is 0.856. The summed E-state index contributed by atoms with van der Waals surface area (Å²) in [4.78, 5) is 2.31. The Balaban J connectivity index is 2.13. The molecule has 1 aromatic rings. The summed E-state index contributed by atoms with van der Waals surface area (Å²) in [5.74, 6) is -0.249. The molecule has 0 aliphatic carbocycles. The van der Waals surface area contributed by atoms with Gasteiger partial charge in [-0.1, -0.05) is 11.6 Å². The summed E-state index contributed by atoms with van der Waals surface area (Å²) in [6.45, 7) is 6.75. The predicted molar refractivity (Wildman–Crippen MR) is 64.3 cm³/mol. The van der Waals surface area contributed by atoms with Gasteiger partial charge in [0.25, 0.3) is 0 Å². The Bertz CT molecular complexity index is 376. The van der Waals surface area contributed by atoms with Crippen LogP contribution in [0.5, 0.6) is 0 Å². The van der Waals surface area contributed by atoms with Crippen LogP contribution in [0.1, 0.15) is 11.1 Å². The van der Waals surface area contributed by atoms with Crippen molar-refractivity contribution < 1.29 is 4.39 Å². The number of nitrogens with zero attached hydrogens (tertiary/aromatic N) is 1. The fraction of sp³-hybridized carbons (Fsp3) is 0.500. The zero-order chi connectivity index (χ0) is 11.5. The van der Waals surface area contributed by atoms with Gasteiger partial charge in [-0.3, -0.25) is 4.90 Å². The molecule has 1 aromatic carbocycles. The smallest absolute Gasteiger partial charge is 0.125 e. The van der Waals surface area contributed by atoms with Crippen LogP contribution in [-0.2, 0) is 6.54 Å². The lowest BCUT2D eigenvalue weighted by Gasteiger charge is -2.27. The minimum Gasteiger partial charge on any atom is -0.314 e. The third kappa shape index (κ3) is 2.73. The number of halogens is 2. The molecule has 2 rings (SSSR count). The van der Waals surface area contributed by atoms with E-state index in [2.05, 4.69) is 10.2 Å². The van der Waals surface area contributed by atoms with Gasteiger partial charge in [0.1, 0.15) is 5.82 Å². The standard InChI is InChI=1S/C12H16ClFN2/c1-9-10(6-11(14)7-12(9)13)8-16-4-2-15-3-5-16/h6-7,15H,2-5,8H2,1H3. The van der Waals surface area contributed by atoms with E-state index < -0.39 is 0 Å². The van der Waals surface area contributed by atoms with Crippen molar-refractivity contribution in [2.45, 2.75) is 13.5 Å². The first-order valence-electron chi connectivity index (χ1n) is 5.54. The maximum Gasteiger partial charge on any atom is 0.125 e. The summed E-state index contributed by atoms with van der Waals surface area (Å²) in [7, 11) is 0. The summed E-state index contributed by atoms with van der Waals surface area (Å²) >= 11 is 5.97. The molecule has 4 heteroatoms. The van der Waals surface area contributed by atoms with E-state index >= 15 is 0 Å². The van der Waals surface area contributed by atoms with E-state index in [0.29, 0.717) is 5.02 Å². The van der Waals surface area contributed by atoms with Crippen LogP contribution in [0.2, 0.25) is 5.02 Å². The molecule has 0 saturated carbocycles. The van der Waals surface area contributed by atoms with Crippen molar-refractivity contribution in [3.8, 4) is 0 Å². The van der Waals surface area contributed by atoms with E-state index in [1.54, 1.807) is 6.07 Å². The fourth-order valence-corrected chi connectivity index (χ4v) is 2.20. The highest BCUT2D eigenvalue weighted by Crippen LogP contribution is 2.22. The second-order valence-electron chi connectivity index (χ2n) is 4.20. The van der Waals surface area contributed by atoms with Gasteiger partial charge in [-0.2, -0.15) is 0 Å². The maximum absolute atomic E-state index is 13.2. The van der Waals surface area contributed by atoms with E-state index in [-0.39, 0.29) is 5.82 Å². The van der Waals surface area contributed by atoms with Crippen LogP contribution in [0, 0.1) is 12.7 Å². The first-order valence-corrected chi connectivity index (χ1v) is 5.92. The second kappa shape index (κ2) is 5.13. The van der Waals surface area contributed by atoms with Gasteiger partial charge in [0.2, 0.25) is 0 Å². The Morgan fingerprint density at radius 1 is 1.38 bits per heavy atom. The number of hydrogen-bond donors (Lipinski definition) is 1. The molecule has 0 bridgehead atoms. The lowest BCUT2D eigenvalue weighted by molar-refractivity contribution is 0.232. The zero-order valence-corrected chi connectivity index (χ0v) is 10.1. The maximum atomic E-state index is 13.2. The first-order chi connectivity index (χ1) is 7.66. The molecule has 0 spiro atoms. The Morgan fingerprint density at radius 2 is 2.06 bits per heavy atom. The van der Waals surface area contributed by atoms with Crippen molar-refractivity contribution in [1.29, 1.82) is 0 Å². The Morgan fingerprint density at radius 3 is 2.75 bits per heavy atom. The topological polar surface area (TPSA) is 15.3 Å². The molecule has 0 radical (unpaired) electrons. The van der Waals surface area contributed by atoms with E-state index in [0.717, 1.165) is 43.9 Å². The number of nitrogens with one attached hydrogen (secondary N) is 1. The summed E-state index contributed by atoms with van der Waals surface area (Å²) in [6, 6.07) is 2.96. The highest BCUT2D eigenvalue weighted by molar-refractivity contribution is 6.31. The van der Waals surface area contributed by atoms with E-state index in [1.807, 2.05) is 6.92 Å². The average Bonchev–Trinajstić information content (AvgIpc) is 2.27. The number of benzene rings is 1. The highest BCUT2D eigenvalue weighted by Gasteiger charge is 2.13. The lowest BCUT2D eigenvalue weighted by atomic mass is 10.1. The molecule has 2 nitrogen and oxygen atoms in total. The molecular weight excluding hydrogens is 227 g/mol. The number of rotatable bonds is 2. The zero-order valence-electron chi connectivity index (χ0n) is 9.39. The first kappa shape index (κ1) is 11.8. The SMILES string of the molecule is Cc1c(Cl)cc(F)cc1CN1CCNCC1. The highest BCUT2D eigenvalue weighted by atomic mass is 35.5. The van der Waals surface area contributed by atoms with Crippen LogP contribution in [0.25, 0.3) is 0 Å². The monoisotopic (exact) mass is 242 g/mol. The largest absolute Gasteiger partial charge is 0.314 e. The molecule has 0 atom stereocenters. The molecule has 0 unspecified atom stereocenters. The van der Waals surface area contributed by atoms with Gasteiger partial charge in [-0.15, -0.1) is 0 Å². The molecule has 16 heavy (non-hydrogen) atoms. The van der Waals surface area contributed by atoms with E-state index in [1.165, 1.54) is 6.07 Å². The minimum absolute atomic E-state index is 0.249. The van der Waals surface area contributed by atoms with Crippen LogP contribution >= 0.6 is 11.6 Å². The van der Waals surface area contributed by atoms with Gasteiger partial charge in [-0.25, -0.2) is 4.39 Å². The molecule has 1 heterocycles. The van der Waals surface area contributed by atoms with E-state index in [4.69, 9.17) is 11.6 Å². The lowest BCUT2D eigenvalue weighted by Crippen LogP contribution is -2.43. The fourth-order valence-electron chi connectivity index (χ4n) is 1.97. The molecular formula is C12H16ClFN2. The molecule has 0 amide bonds. The summed E-state index contributed by atoms with van der Waals surface area (Å²) in [5.41, 5.74) is 1.98. The van der Waals surface area contributed by atoms with Crippen LogP contribution in [0.15, 0.2) is 12.1 Å². The van der Waals surface area contributed by atoms with Gasteiger partial charge in [0.05, 0.1) is 0 Å². The molecule has 1 N–H and O–H groups in total. The van der Waals surface area contributed by atoms with Crippen LogP contribution in [0.3, 0.4) is 0 Å². The molecule has 1 aliphatic heterocycles. The third-order valence-corrected chi connectivity index (χ3v) is 3.41. The van der Waals surface area contributed by atoms with Gasteiger partial charge < -0.3 is 5.32 Å². The van der Waals surface area contributed by atoms with Gasteiger partial charge >= 0.3 is 0 Å². The number of piperazine rings is 1. The van der Waals surface area contributed by atoms with Crippen molar-refractivity contribution in [2.75, 3.05) is 26.2 Å². The Kier molecular flexibility index (Phi) is 3.79. The number of hydrogen-bond acceptors (Lipinski definition) is 2. The normalized spacial score (nSPS) is 17.7. The van der Waals surface area contributed by atoms with Gasteiger partial charge in [0, 0.05) is 37.7 Å². The predicted octanol–water partition coefficient (Wildman–Crippen LogP) is 2.19. The van der Waals surface area contributed by atoms with Gasteiger partial charge in [0.15, 0.2) is 0 Å². The van der Waals surface area contributed by atoms with Crippen LogP contribution in [0.4, 0.5) is 4.39 Å². The molecule has 88 valence electrons. The molecule has 1 aliphatic rings. The third-order valence-electron chi connectivity index (χ3n) is 3.02. The molecule has 1 fully saturated rings. The van der Waals surface area contributed by atoms with Crippen molar-refractivity contribution in [3.63, 3.8) is 0 Å². The van der Waals surface area contributed by atoms with E-state index in [9.17, 15) is 4.39 Å². The van der Waals surface area contributed by atoms with Crippen molar-refractivity contribution in [3.05, 3.63) is 34.1 Å². The van der Waals surface area contributed by atoms with Crippen molar-refractivity contribution >= 4 is 11.6 Å². The molecule has 0 aromatic heterocycles. The van der Waals surface area contributed by atoms with Gasteiger partial charge in [-0.05, 0) is 30.2 Å². The summed E-state index contributed by atoms with van der Waals surface area (Å²) < 4.78 is 13.2. The van der Waals surface area contributed by atoms with Crippen LogP contribution < -0.4 is 5.32 Å². The Hall–Kier alpha value is -0.640. The second-order valence-corrected chi connectivity index (χ2v) is 4.61.